The van der Waals surface area contributed by atoms with Crippen molar-refractivity contribution >= 4 is 11.7 Å². The molecule has 0 atom stereocenters. The van der Waals surface area contributed by atoms with Crippen LogP contribution >= 0.6 is 0 Å². The summed E-state index contributed by atoms with van der Waals surface area (Å²) in [5.41, 5.74) is 2.63. The van der Waals surface area contributed by atoms with Gasteiger partial charge in [0, 0.05) is 24.3 Å². The maximum absolute atomic E-state index is 12.3. The molecule has 0 spiro atoms. The Morgan fingerprint density at radius 2 is 1.89 bits per heavy atom. The van der Waals surface area contributed by atoms with Crippen LogP contribution in [0.1, 0.15) is 13.0 Å². The molecule has 1 N–H and O–H groups in total. The van der Waals surface area contributed by atoms with Crippen molar-refractivity contribution in [3.8, 4) is 17.0 Å². The van der Waals surface area contributed by atoms with Gasteiger partial charge in [0.15, 0.2) is 0 Å². The molecule has 0 unspecified atom stereocenters. The highest BCUT2D eigenvalue weighted by Crippen LogP contribution is 2.24. The number of likely N-dealkylation sites (tertiary alicyclic amines) is 1. The highest BCUT2D eigenvalue weighted by Gasteiger charge is 2.33. The number of benzene rings is 2. The van der Waals surface area contributed by atoms with Gasteiger partial charge in [-0.1, -0.05) is 35.5 Å². The van der Waals surface area contributed by atoms with Crippen molar-refractivity contribution in [2.75, 3.05) is 25.0 Å². The Kier molecular flexibility index (Phi) is 4.74. The SMILES string of the molecule is CCOc1ccc(NC(=O)N2CC(n3cc(-c4ccccc4)nn3)C2)cc1. The fourth-order valence-corrected chi connectivity index (χ4v) is 2.99. The molecule has 1 fully saturated rings. The number of aromatic nitrogens is 3. The number of amides is 2. The summed E-state index contributed by atoms with van der Waals surface area (Å²) in [6.07, 6.45) is 1.93. The third-order valence-corrected chi connectivity index (χ3v) is 4.52. The van der Waals surface area contributed by atoms with E-state index in [9.17, 15) is 4.79 Å². The first-order valence-electron chi connectivity index (χ1n) is 8.99. The smallest absolute Gasteiger partial charge is 0.321 e. The van der Waals surface area contributed by atoms with E-state index < -0.39 is 0 Å². The summed E-state index contributed by atoms with van der Waals surface area (Å²) in [6.45, 7) is 3.78. The first-order chi connectivity index (χ1) is 13.2. The van der Waals surface area contributed by atoms with Crippen LogP contribution in [0.5, 0.6) is 5.75 Å². The van der Waals surface area contributed by atoms with Crippen LogP contribution in [0.3, 0.4) is 0 Å². The summed E-state index contributed by atoms with van der Waals surface area (Å²) in [6, 6.07) is 17.3. The molecule has 4 rings (SSSR count). The number of nitrogens with zero attached hydrogens (tertiary/aromatic N) is 4. The molecule has 1 aliphatic rings. The molecule has 1 saturated heterocycles. The van der Waals surface area contributed by atoms with E-state index in [1.54, 1.807) is 4.90 Å². The van der Waals surface area contributed by atoms with Crippen LogP contribution in [-0.2, 0) is 0 Å². The van der Waals surface area contributed by atoms with Crippen molar-refractivity contribution in [2.45, 2.75) is 13.0 Å². The molecule has 3 aromatic rings. The quantitative estimate of drug-likeness (QED) is 0.754. The van der Waals surface area contributed by atoms with Crippen molar-refractivity contribution in [1.82, 2.24) is 19.9 Å². The first kappa shape index (κ1) is 17.1. The Balaban J connectivity index is 1.31. The van der Waals surface area contributed by atoms with Crippen LogP contribution in [0, 0.1) is 0 Å². The molecule has 0 saturated carbocycles. The molecule has 7 heteroatoms. The molecule has 138 valence electrons. The normalized spacial score (nSPS) is 13.9. The van der Waals surface area contributed by atoms with Crippen LogP contribution in [-0.4, -0.2) is 45.6 Å². The number of nitrogens with one attached hydrogen (secondary N) is 1. The lowest BCUT2D eigenvalue weighted by molar-refractivity contribution is 0.127. The summed E-state index contributed by atoms with van der Waals surface area (Å²) < 4.78 is 7.24. The fourth-order valence-electron chi connectivity index (χ4n) is 2.99. The van der Waals surface area contributed by atoms with Crippen molar-refractivity contribution < 1.29 is 9.53 Å². The van der Waals surface area contributed by atoms with Crippen LogP contribution in [0.25, 0.3) is 11.3 Å². The Morgan fingerprint density at radius 3 is 2.59 bits per heavy atom. The summed E-state index contributed by atoms with van der Waals surface area (Å²) in [5, 5.41) is 11.3. The number of hydrogen-bond acceptors (Lipinski definition) is 4. The van der Waals surface area contributed by atoms with Gasteiger partial charge in [0.2, 0.25) is 0 Å². The van der Waals surface area contributed by atoms with E-state index in [0.29, 0.717) is 19.7 Å². The summed E-state index contributed by atoms with van der Waals surface area (Å²) >= 11 is 0. The van der Waals surface area contributed by atoms with Gasteiger partial charge in [-0.15, -0.1) is 5.10 Å². The minimum absolute atomic E-state index is 0.112. The Bertz CT molecular complexity index is 902. The topological polar surface area (TPSA) is 72.3 Å². The predicted molar refractivity (Wildman–Crippen MR) is 103 cm³/mol. The second kappa shape index (κ2) is 7.49. The Morgan fingerprint density at radius 1 is 1.15 bits per heavy atom. The van der Waals surface area contributed by atoms with Crippen LogP contribution in [0.15, 0.2) is 60.8 Å². The van der Waals surface area contributed by atoms with E-state index in [0.717, 1.165) is 22.7 Å². The number of anilines is 1. The molecule has 0 bridgehead atoms. The van der Waals surface area contributed by atoms with Gasteiger partial charge < -0.3 is 15.0 Å². The molecule has 1 aliphatic heterocycles. The molecule has 0 radical (unpaired) electrons. The molecule has 2 amide bonds. The standard InChI is InChI=1S/C20H21N5O2/c1-2-27-18-10-8-16(9-11-18)21-20(26)24-12-17(13-24)25-14-19(22-23-25)15-6-4-3-5-7-15/h3-11,14,17H,2,12-13H2,1H3,(H,21,26). The Hall–Kier alpha value is -3.35. The van der Waals surface area contributed by atoms with Crippen molar-refractivity contribution in [1.29, 1.82) is 0 Å². The second-order valence-electron chi connectivity index (χ2n) is 6.40. The summed E-state index contributed by atoms with van der Waals surface area (Å²) in [5.74, 6) is 0.792. The lowest BCUT2D eigenvalue weighted by Crippen LogP contribution is -2.52. The van der Waals surface area contributed by atoms with Crippen molar-refractivity contribution in [2.24, 2.45) is 0 Å². The Labute approximate surface area is 157 Å². The predicted octanol–water partition coefficient (Wildman–Crippen LogP) is 3.43. The second-order valence-corrected chi connectivity index (χ2v) is 6.40. The maximum Gasteiger partial charge on any atom is 0.321 e. The van der Waals surface area contributed by atoms with Crippen LogP contribution in [0.2, 0.25) is 0 Å². The lowest BCUT2D eigenvalue weighted by Gasteiger charge is -2.38. The molecular formula is C20H21N5O2. The zero-order valence-corrected chi connectivity index (χ0v) is 15.1. The largest absolute Gasteiger partial charge is 0.494 e. The zero-order valence-electron chi connectivity index (χ0n) is 15.1. The van der Waals surface area contributed by atoms with Gasteiger partial charge in [0.25, 0.3) is 0 Å². The molecule has 1 aromatic heterocycles. The molecule has 7 nitrogen and oxygen atoms in total. The number of hydrogen-bond donors (Lipinski definition) is 1. The van der Waals surface area contributed by atoms with Gasteiger partial charge in [-0.05, 0) is 31.2 Å². The van der Waals surface area contributed by atoms with Gasteiger partial charge in [0.05, 0.1) is 18.8 Å². The molecule has 2 aromatic carbocycles. The number of urea groups is 1. The van der Waals surface area contributed by atoms with E-state index >= 15 is 0 Å². The minimum Gasteiger partial charge on any atom is -0.494 e. The summed E-state index contributed by atoms with van der Waals surface area (Å²) in [4.78, 5) is 14.1. The van der Waals surface area contributed by atoms with Gasteiger partial charge in [-0.25, -0.2) is 9.48 Å². The summed E-state index contributed by atoms with van der Waals surface area (Å²) in [7, 11) is 0. The average Bonchev–Trinajstić information content (AvgIpc) is 3.13. The highest BCUT2D eigenvalue weighted by molar-refractivity contribution is 5.89. The monoisotopic (exact) mass is 363 g/mol. The first-order valence-corrected chi connectivity index (χ1v) is 8.99. The number of carbonyl (C=O) groups excluding carboxylic acids is 1. The molecule has 0 aliphatic carbocycles. The van der Waals surface area contributed by atoms with E-state index in [1.165, 1.54) is 0 Å². The number of ether oxygens (including phenoxy) is 1. The lowest BCUT2D eigenvalue weighted by atomic mass is 10.1. The van der Waals surface area contributed by atoms with Gasteiger partial charge in [-0.2, -0.15) is 0 Å². The van der Waals surface area contributed by atoms with E-state index in [1.807, 2.05) is 72.4 Å². The van der Waals surface area contributed by atoms with E-state index in [2.05, 4.69) is 15.6 Å². The van der Waals surface area contributed by atoms with Gasteiger partial charge >= 0.3 is 6.03 Å². The van der Waals surface area contributed by atoms with Gasteiger partial charge in [0.1, 0.15) is 11.4 Å². The molecule has 2 heterocycles. The maximum atomic E-state index is 12.3. The van der Waals surface area contributed by atoms with Crippen molar-refractivity contribution in [3.05, 3.63) is 60.8 Å². The van der Waals surface area contributed by atoms with E-state index in [-0.39, 0.29) is 12.1 Å². The molecule has 27 heavy (non-hydrogen) atoms. The third-order valence-electron chi connectivity index (χ3n) is 4.52. The zero-order chi connectivity index (χ0) is 18.6. The fraction of sp³-hybridized carbons (Fsp3) is 0.250. The van der Waals surface area contributed by atoms with Gasteiger partial charge in [-0.3, -0.25) is 0 Å². The minimum atomic E-state index is -0.112. The third kappa shape index (κ3) is 3.76. The molecular weight excluding hydrogens is 342 g/mol. The number of carbonyl (C=O) groups is 1. The van der Waals surface area contributed by atoms with Crippen molar-refractivity contribution in [3.63, 3.8) is 0 Å². The average molecular weight is 363 g/mol. The van der Waals surface area contributed by atoms with E-state index in [4.69, 9.17) is 4.74 Å². The van der Waals surface area contributed by atoms with Crippen LogP contribution in [0.4, 0.5) is 10.5 Å². The highest BCUT2D eigenvalue weighted by atomic mass is 16.5. The number of rotatable bonds is 5. The van der Waals surface area contributed by atoms with Crippen LogP contribution < -0.4 is 10.1 Å².